The van der Waals surface area contributed by atoms with Crippen LogP contribution in [0.25, 0.3) is 0 Å². The summed E-state index contributed by atoms with van der Waals surface area (Å²) in [6.45, 7) is 8.34. The number of rotatable bonds is 20. The Bertz CT molecular complexity index is 896. The van der Waals surface area contributed by atoms with Gasteiger partial charge in [-0.25, -0.2) is 0 Å². The van der Waals surface area contributed by atoms with Crippen LogP contribution in [0.1, 0.15) is 96.1 Å². The van der Waals surface area contributed by atoms with E-state index < -0.39 is 0 Å². The molecule has 0 saturated carbocycles. The van der Waals surface area contributed by atoms with Gasteiger partial charge in [0, 0.05) is 12.0 Å². The molecule has 0 N–H and O–H groups in total. The largest absolute Gasteiger partial charge is 0.487 e. The zero-order valence-corrected chi connectivity index (χ0v) is 24.9. The number of esters is 1. The van der Waals surface area contributed by atoms with E-state index in [0.29, 0.717) is 0 Å². The third-order valence-corrected chi connectivity index (χ3v) is 7.29. The fourth-order valence-electron chi connectivity index (χ4n) is 4.84. The number of aryl methyl sites for hydroxylation is 1. The van der Waals surface area contributed by atoms with Crippen molar-refractivity contribution < 1.29 is 18.8 Å². The molecule has 38 heavy (non-hydrogen) atoms. The zero-order valence-electron chi connectivity index (χ0n) is 24.9. The highest BCUT2D eigenvalue weighted by atomic mass is 16.6. The molecule has 0 aliphatic heterocycles. The molecule has 4 heteroatoms. The van der Waals surface area contributed by atoms with Crippen LogP contribution in [0.5, 0.6) is 5.75 Å². The average molecular weight is 525 g/mol. The minimum atomic E-state index is -0.181. The van der Waals surface area contributed by atoms with E-state index in [-0.39, 0.29) is 24.6 Å². The van der Waals surface area contributed by atoms with Crippen LogP contribution in [0.3, 0.4) is 0 Å². The number of carbonyl (C=O) groups is 1. The maximum absolute atomic E-state index is 12.6. The Labute approximate surface area is 233 Å². The lowest BCUT2D eigenvalue weighted by molar-refractivity contribution is -0.904. The third kappa shape index (κ3) is 14.0. The number of benzene rings is 2. The first-order valence-corrected chi connectivity index (χ1v) is 15.1. The molecule has 0 spiro atoms. The highest BCUT2D eigenvalue weighted by Gasteiger charge is 2.22. The molecule has 0 radical (unpaired) electrons. The summed E-state index contributed by atoms with van der Waals surface area (Å²) in [5.74, 6) is 0.587. The fraction of sp³-hybridized carbons (Fsp3) is 0.618. The summed E-state index contributed by atoms with van der Waals surface area (Å²) in [4.78, 5) is 12.6. The molecule has 0 bridgehead atoms. The molecule has 0 heterocycles. The van der Waals surface area contributed by atoms with Gasteiger partial charge in [-0.05, 0) is 37.5 Å². The molecular formula is C34H54NO3+. The van der Waals surface area contributed by atoms with E-state index in [1.807, 2.05) is 26.0 Å². The summed E-state index contributed by atoms with van der Waals surface area (Å²) in [7, 11) is 4.43. The summed E-state index contributed by atoms with van der Waals surface area (Å²) in [5, 5.41) is 0. The van der Waals surface area contributed by atoms with Crippen LogP contribution in [-0.4, -0.2) is 43.8 Å². The molecule has 2 unspecified atom stereocenters. The van der Waals surface area contributed by atoms with E-state index in [2.05, 4.69) is 63.5 Å². The Morgan fingerprint density at radius 2 is 1.45 bits per heavy atom. The van der Waals surface area contributed by atoms with Crippen LogP contribution in [0.2, 0.25) is 0 Å². The van der Waals surface area contributed by atoms with Crippen molar-refractivity contribution in [1.82, 2.24) is 0 Å². The SMILES string of the molecule is CCCCCCCCCCCc1cccc(OC(C)COC(=O)C(C)CC[N+](C)(C)Cc2ccccc2)c1. The molecule has 0 amide bonds. The van der Waals surface area contributed by atoms with Gasteiger partial charge in [0.05, 0.1) is 26.6 Å². The lowest BCUT2D eigenvalue weighted by Crippen LogP contribution is -2.40. The Morgan fingerprint density at radius 3 is 2.13 bits per heavy atom. The van der Waals surface area contributed by atoms with Gasteiger partial charge in [-0.15, -0.1) is 0 Å². The van der Waals surface area contributed by atoms with Crippen molar-refractivity contribution in [2.45, 2.75) is 104 Å². The standard InChI is InChI=1S/C34H54NO3/c1-6-7-8-9-10-11-12-13-15-19-31-22-18-23-33(26-31)38-30(3)28-37-34(36)29(2)24-25-35(4,5)27-32-20-16-14-17-21-32/h14,16-18,20-23,26,29-30H,6-13,15,19,24-25,27-28H2,1-5H3/q+1. The summed E-state index contributed by atoms with van der Waals surface area (Å²) in [5.41, 5.74) is 2.63. The number of hydrogen-bond donors (Lipinski definition) is 0. The Balaban J connectivity index is 1.63. The number of unbranched alkanes of at least 4 members (excludes halogenated alkanes) is 8. The summed E-state index contributed by atoms with van der Waals surface area (Å²) >= 11 is 0. The van der Waals surface area contributed by atoms with Gasteiger partial charge in [0.2, 0.25) is 0 Å². The first-order chi connectivity index (χ1) is 18.3. The van der Waals surface area contributed by atoms with E-state index in [4.69, 9.17) is 9.47 Å². The average Bonchev–Trinajstić information content (AvgIpc) is 2.90. The quantitative estimate of drug-likeness (QED) is 0.0991. The molecule has 0 aromatic heterocycles. The Kier molecular flexibility index (Phi) is 15.1. The normalized spacial score (nSPS) is 13.2. The molecule has 0 aliphatic rings. The van der Waals surface area contributed by atoms with Crippen molar-refractivity contribution in [3.63, 3.8) is 0 Å². The number of nitrogens with zero attached hydrogens (tertiary/aromatic N) is 1. The van der Waals surface area contributed by atoms with Crippen molar-refractivity contribution in [3.05, 3.63) is 65.7 Å². The van der Waals surface area contributed by atoms with Crippen molar-refractivity contribution in [1.29, 1.82) is 0 Å². The van der Waals surface area contributed by atoms with Crippen molar-refractivity contribution in [2.75, 3.05) is 27.2 Å². The molecular weight excluding hydrogens is 470 g/mol. The van der Waals surface area contributed by atoms with Gasteiger partial charge < -0.3 is 14.0 Å². The summed E-state index contributed by atoms with van der Waals surface area (Å²) < 4.78 is 12.5. The predicted molar refractivity (Wildman–Crippen MR) is 159 cm³/mol. The van der Waals surface area contributed by atoms with Crippen LogP contribution in [0, 0.1) is 5.92 Å². The molecule has 2 atom stereocenters. The van der Waals surface area contributed by atoms with E-state index in [1.165, 1.54) is 68.9 Å². The van der Waals surface area contributed by atoms with E-state index in [1.54, 1.807) is 0 Å². The first kappa shape index (κ1) is 31.9. The molecule has 2 rings (SSSR count). The van der Waals surface area contributed by atoms with Crippen LogP contribution < -0.4 is 4.74 Å². The summed E-state index contributed by atoms with van der Waals surface area (Å²) in [6.07, 6.45) is 13.8. The minimum absolute atomic E-state index is 0.130. The van der Waals surface area contributed by atoms with Crippen molar-refractivity contribution in [3.8, 4) is 5.75 Å². The second kappa shape index (κ2) is 18.0. The van der Waals surface area contributed by atoms with Crippen LogP contribution >= 0.6 is 0 Å². The highest BCUT2D eigenvalue weighted by Crippen LogP contribution is 2.19. The smallest absolute Gasteiger partial charge is 0.309 e. The minimum Gasteiger partial charge on any atom is -0.487 e. The van der Waals surface area contributed by atoms with E-state index >= 15 is 0 Å². The summed E-state index contributed by atoms with van der Waals surface area (Å²) in [6, 6.07) is 18.9. The molecule has 2 aromatic carbocycles. The number of ether oxygens (including phenoxy) is 2. The molecule has 212 valence electrons. The number of hydrogen-bond acceptors (Lipinski definition) is 3. The van der Waals surface area contributed by atoms with Gasteiger partial charge in [-0.2, -0.15) is 0 Å². The second-order valence-electron chi connectivity index (χ2n) is 11.8. The Hall–Kier alpha value is -2.33. The van der Waals surface area contributed by atoms with Crippen molar-refractivity contribution in [2.24, 2.45) is 5.92 Å². The molecule has 4 nitrogen and oxygen atoms in total. The number of carbonyl (C=O) groups excluding carboxylic acids is 1. The van der Waals surface area contributed by atoms with Gasteiger partial charge in [-0.1, -0.05) is 108 Å². The van der Waals surface area contributed by atoms with Gasteiger partial charge in [0.15, 0.2) is 0 Å². The van der Waals surface area contributed by atoms with E-state index in [0.717, 1.165) is 36.2 Å². The lowest BCUT2D eigenvalue weighted by Gasteiger charge is -2.30. The van der Waals surface area contributed by atoms with Gasteiger partial charge >= 0.3 is 5.97 Å². The third-order valence-electron chi connectivity index (χ3n) is 7.29. The van der Waals surface area contributed by atoms with Crippen LogP contribution in [0.4, 0.5) is 0 Å². The molecule has 0 aliphatic carbocycles. The Morgan fingerprint density at radius 1 is 0.816 bits per heavy atom. The van der Waals surface area contributed by atoms with E-state index in [9.17, 15) is 4.79 Å². The number of quaternary nitrogens is 1. The highest BCUT2D eigenvalue weighted by molar-refractivity contribution is 5.71. The first-order valence-electron chi connectivity index (χ1n) is 15.1. The van der Waals surface area contributed by atoms with Gasteiger partial charge in [0.25, 0.3) is 0 Å². The van der Waals surface area contributed by atoms with Crippen LogP contribution in [-0.2, 0) is 22.5 Å². The topological polar surface area (TPSA) is 35.5 Å². The molecule has 2 aromatic rings. The fourth-order valence-corrected chi connectivity index (χ4v) is 4.84. The van der Waals surface area contributed by atoms with Gasteiger partial charge in [0.1, 0.15) is 25.0 Å². The monoisotopic (exact) mass is 524 g/mol. The maximum Gasteiger partial charge on any atom is 0.309 e. The van der Waals surface area contributed by atoms with Gasteiger partial charge in [-0.3, -0.25) is 4.79 Å². The predicted octanol–water partition coefficient (Wildman–Crippen LogP) is 8.37. The molecule has 0 saturated heterocycles. The lowest BCUT2D eigenvalue weighted by atomic mass is 10.0. The van der Waals surface area contributed by atoms with Crippen LogP contribution in [0.15, 0.2) is 54.6 Å². The maximum atomic E-state index is 12.6. The zero-order chi connectivity index (χ0) is 27.6. The molecule has 0 fully saturated rings. The van der Waals surface area contributed by atoms with Crippen molar-refractivity contribution >= 4 is 5.97 Å². The second-order valence-corrected chi connectivity index (χ2v) is 11.8.